The molecule has 3 aromatic rings. The van der Waals surface area contributed by atoms with Crippen LogP contribution in [0.3, 0.4) is 0 Å². The number of methoxy groups -OCH3 is 1. The Bertz CT molecular complexity index is 894. The number of nitrogens with zero attached hydrogens (tertiary/aromatic N) is 1. The van der Waals surface area contributed by atoms with Gasteiger partial charge in [0.2, 0.25) is 0 Å². The zero-order valence-electron chi connectivity index (χ0n) is 15.6. The molecule has 0 spiro atoms. The first kappa shape index (κ1) is 17.8. The summed E-state index contributed by atoms with van der Waals surface area (Å²) in [5, 5.41) is 2.99. The van der Waals surface area contributed by atoms with Crippen LogP contribution in [0.5, 0.6) is 5.75 Å². The van der Waals surface area contributed by atoms with E-state index in [0.29, 0.717) is 5.56 Å². The molecule has 0 saturated heterocycles. The van der Waals surface area contributed by atoms with Crippen molar-refractivity contribution in [1.29, 1.82) is 0 Å². The van der Waals surface area contributed by atoms with Crippen LogP contribution >= 0.6 is 0 Å². The number of amides is 1. The van der Waals surface area contributed by atoms with Crippen molar-refractivity contribution in [3.8, 4) is 22.7 Å². The molecule has 3 rings (SSSR count). The highest BCUT2D eigenvalue weighted by atomic mass is 16.5. The van der Waals surface area contributed by atoms with Crippen molar-refractivity contribution >= 4 is 5.91 Å². The van der Waals surface area contributed by atoms with E-state index in [9.17, 15) is 4.79 Å². The van der Waals surface area contributed by atoms with Crippen LogP contribution in [0.25, 0.3) is 16.9 Å². The number of carbonyl (C=O) groups is 1. The van der Waals surface area contributed by atoms with Crippen molar-refractivity contribution in [3.05, 3.63) is 71.9 Å². The van der Waals surface area contributed by atoms with E-state index in [2.05, 4.69) is 9.88 Å². The first-order chi connectivity index (χ1) is 12.5. The lowest BCUT2D eigenvalue weighted by molar-refractivity contribution is 0.0942. The average molecular weight is 348 g/mol. The molecule has 1 N–H and O–H groups in total. The maximum absolute atomic E-state index is 12.7. The molecule has 1 amide bonds. The molecule has 0 bridgehead atoms. The van der Waals surface area contributed by atoms with Gasteiger partial charge in [-0.15, -0.1) is 0 Å². The lowest BCUT2D eigenvalue weighted by Crippen LogP contribution is -2.30. The Morgan fingerprint density at radius 3 is 2.27 bits per heavy atom. The molecule has 0 fully saturated rings. The molecule has 4 nitrogen and oxygen atoms in total. The smallest absolute Gasteiger partial charge is 0.253 e. The number of carbonyl (C=O) groups excluding carboxylic acids is 1. The van der Waals surface area contributed by atoms with Gasteiger partial charge < -0.3 is 14.6 Å². The highest BCUT2D eigenvalue weighted by Gasteiger charge is 2.20. The van der Waals surface area contributed by atoms with Gasteiger partial charge in [0.25, 0.3) is 5.91 Å². The lowest BCUT2D eigenvalue weighted by Gasteiger charge is -2.13. The molecular formula is C22H24N2O2. The Labute approximate surface area is 154 Å². The maximum Gasteiger partial charge on any atom is 0.253 e. The summed E-state index contributed by atoms with van der Waals surface area (Å²) in [5.74, 6) is 0.753. The summed E-state index contributed by atoms with van der Waals surface area (Å²) in [6, 6.07) is 20.0. The van der Waals surface area contributed by atoms with Gasteiger partial charge in [-0.3, -0.25) is 4.79 Å². The van der Waals surface area contributed by atoms with E-state index in [4.69, 9.17) is 4.74 Å². The second-order valence-corrected chi connectivity index (χ2v) is 6.56. The number of rotatable bonds is 5. The summed E-state index contributed by atoms with van der Waals surface area (Å²) in [4.78, 5) is 12.7. The van der Waals surface area contributed by atoms with E-state index in [1.165, 1.54) is 0 Å². The van der Waals surface area contributed by atoms with Gasteiger partial charge in [0.1, 0.15) is 5.75 Å². The third kappa shape index (κ3) is 3.49. The summed E-state index contributed by atoms with van der Waals surface area (Å²) in [7, 11) is 1.65. The number of benzene rings is 2. The Hall–Kier alpha value is -3.01. The molecule has 1 heterocycles. The standard InChI is InChI=1S/C22H24N2O2/c1-15(2)23-22(25)20-14-21(17-10-12-19(26-4)13-11-17)24(16(20)3)18-8-6-5-7-9-18/h5-15H,1-4H3,(H,23,25). The van der Waals surface area contributed by atoms with Gasteiger partial charge in [-0.1, -0.05) is 18.2 Å². The molecule has 134 valence electrons. The van der Waals surface area contributed by atoms with Gasteiger partial charge >= 0.3 is 0 Å². The average Bonchev–Trinajstić information content (AvgIpc) is 2.99. The van der Waals surface area contributed by atoms with Gasteiger partial charge in [0.15, 0.2) is 0 Å². The van der Waals surface area contributed by atoms with Crippen molar-refractivity contribution in [3.63, 3.8) is 0 Å². The fourth-order valence-electron chi connectivity index (χ4n) is 3.06. The fraction of sp³-hybridized carbons (Fsp3) is 0.227. The molecule has 0 aliphatic rings. The molecule has 0 radical (unpaired) electrons. The van der Waals surface area contributed by atoms with E-state index >= 15 is 0 Å². The van der Waals surface area contributed by atoms with E-state index < -0.39 is 0 Å². The van der Waals surface area contributed by atoms with Crippen LogP contribution in [0.2, 0.25) is 0 Å². The Morgan fingerprint density at radius 2 is 1.69 bits per heavy atom. The maximum atomic E-state index is 12.7. The highest BCUT2D eigenvalue weighted by Crippen LogP contribution is 2.30. The Kier molecular flexibility index (Phi) is 5.12. The van der Waals surface area contributed by atoms with Gasteiger partial charge in [0.05, 0.1) is 18.4 Å². The van der Waals surface area contributed by atoms with Crippen LogP contribution < -0.4 is 10.1 Å². The van der Waals surface area contributed by atoms with Crippen LogP contribution in [-0.4, -0.2) is 23.6 Å². The monoisotopic (exact) mass is 348 g/mol. The number of para-hydroxylation sites is 1. The summed E-state index contributed by atoms with van der Waals surface area (Å²) in [6.07, 6.45) is 0. The SMILES string of the molecule is COc1ccc(-c2cc(C(=O)NC(C)C)c(C)n2-c2ccccc2)cc1. The molecule has 26 heavy (non-hydrogen) atoms. The summed E-state index contributed by atoms with van der Waals surface area (Å²) >= 11 is 0. The van der Waals surface area contributed by atoms with Crippen LogP contribution in [0, 0.1) is 6.92 Å². The molecule has 1 aromatic heterocycles. The van der Waals surface area contributed by atoms with Crippen molar-refractivity contribution in [2.45, 2.75) is 26.8 Å². The Balaban J connectivity index is 2.16. The highest BCUT2D eigenvalue weighted by molar-refractivity contribution is 5.97. The second-order valence-electron chi connectivity index (χ2n) is 6.56. The number of nitrogens with one attached hydrogen (secondary N) is 1. The van der Waals surface area contributed by atoms with Gasteiger partial charge in [0, 0.05) is 17.4 Å². The molecule has 0 unspecified atom stereocenters. The summed E-state index contributed by atoms with van der Waals surface area (Å²) in [6.45, 7) is 5.91. The van der Waals surface area contributed by atoms with E-state index in [-0.39, 0.29) is 11.9 Å². The number of ether oxygens (including phenoxy) is 1. The normalized spacial score (nSPS) is 10.8. The third-order valence-corrected chi connectivity index (χ3v) is 4.31. The minimum atomic E-state index is -0.0538. The molecular weight excluding hydrogens is 324 g/mol. The zero-order chi connectivity index (χ0) is 18.7. The number of hydrogen-bond acceptors (Lipinski definition) is 2. The van der Waals surface area contributed by atoms with Crippen molar-refractivity contribution in [2.24, 2.45) is 0 Å². The van der Waals surface area contributed by atoms with Crippen molar-refractivity contribution in [1.82, 2.24) is 9.88 Å². The molecule has 0 saturated carbocycles. The minimum absolute atomic E-state index is 0.0538. The first-order valence-corrected chi connectivity index (χ1v) is 8.74. The summed E-state index contributed by atoms with van der Waals surface area (Å²) < 4.78 is 7.38. The number of hydrogen-bond donors (Lipinski definition) is 1. The lowest BCUT2D eigenvalue weighted by atomic mass is 10.1. The quantitative estimate of drug-likeness (QED) is 0.732. The summed E-state index contributed by atoms with van der Waals surface area (Å²) in [5.41, 5.74) is 4.64. The van der Waals surface area contributed by atoms with Crippen LogP contribution in [-0.2, 0) is 0 Å². The predicted molar refractivity (Wildman–Crippen MR) is 105 cm³/mol. The van der Waals surface area contributed by atoms with E-state index in [1.54, 1.807) is 7.11 Å². The van der Waals surface area contributed by atoms with E-state index in [0.717, 1.165) is 28.4 Å². The van der Waals surface area contributed by atoms with Gasteiger partial charge in [-0.05, 0) is 68.8 Å². The molecule has 4 heteroatoms. The molecule has 0 aliphatic carbocycles. The minimum Gasteiger partial charge on any atom is -0.497 e. The largest absolute Gasteiger partial charge is 0.497 e. The number of aromatic nitrogens is 1. The van der Waals surface area contributed by atoms with Crippen LogP contribution in [0.15, 0.2) is 60.7 Å². The Morgan fingerprint density at radius 1 is 1.04 bits per heavy atom. The fourth-order valence-corrected chi connectivity index (χ4v) is 3.06. The van der Waals surface area contributed by atoms with Crippen LogP contribution in [0.4, 0.5) is 0 Å². The first-order valence-electron chi connectivity index (χ1n) is 8.74. The van der Waals surface area contributed by atoms with Crippen molar-refractivity contribution in [2.75, 3.05) is 7.11 Å². The third-order valence-electron chi connectivity index (χ3n) is 4.31. The van der Waals surface area contributed by atoms with Crippen LogP contribution in [0.1, 0.15) is 29.9 Å². The second kappa shape index (κ2) is 7.48. The predicted octanol–water partition coefficient (Wildman–Crippen LogP) is 4.60. The molecule has 2 aromatic carbocycles. The van der Waals surface area contributed by atoms with Crippen molar-refractivity contribution < 1.29 is 9.53 Å². The van der Waals surface area contributed by atoms with E-state index in [1.807, 2.05) is 81.4 Å². The topological polar surface area (TPSA) is 43.3 Å². The van der Waals surface area contributed by atoms with Gasteiger partial charge in [-0.25, -0.2) is 0 Å². The zero-order valence-corrected chi connectivity index (χ0v) is 15.6. The van der Waals surface area contributed by atoms with Gasteiger partial charge in [-0.2, -0.15) is 0 Å². The molecule has 0 atom stereocenters. The molecule has 0 aliphatic heterocycles.